The van der Waals surface area contributed by atoms with E-state index < -0.39 is 6.10 Å². The van der Waals surface area contributed by atoms with E-state index in [0.29, 0.717) is 19.1 Å². The van der Waals surface area contributed by atoms with Gasteiger partial charge in [-0.25, -0.2) is 0 Å². The second-order valence-electron chi connectivity index (χ2n) is 6.00. The highest BCUT2D eigenvalue weighted by Gasteiger charge is 2.42. The molecule has 1 aliphatic heterocycles. The van der Waals surface area contributed by atoms with E-state index in [1.807, 2.05) is 6.92 Å². The SMILES string of the molecule is CC(OCC1CCCO1)C(=O)NC(C)(CN)C1CC1. The highest BCUT2D eigenvalue weighted by molar-refractivity contribution is 5.81. The lowest BCUT2D eigenvalue weighted by Crippen LogP contribution is -2.55. The summed E-state index contributed by atoms with van der Waals surface area (Å²) in [5.74, 6) is 0.449. The molecule has 0 spiro atoms. The maximum atomic E-state index is 12.1. The van der Waals surface area contributed by atoms with Crippen LogP contribution in [0.2, 0.25) is 0 Å². The molecule has 0 aromatic carbocycles. The summed E-state index contributed by atoms with van der Waals surface area (Å²) in [5.41, 5.74) is 5.52. The Morgan fingerprint density at radius 2 is 2.26 bits per heavy atom. The number of rotatable bonds is 7. The Morgan fingerprint density at radius 1 is 1.53 bits per heavy atom. The minimum atomic E-state index is -0.450. The predicted molar refractivity (Wildman–Crippen MR) is 72.7 cm³/mol. The lowest BCUT2D eigenvalue weighted by Gasteiger charge is -2.31. The maximum absolute atomic E-state index is 12.1. The normalized spacial score (nSPS) is 27.8. The Labute approximate surface area is 115 Å². The van der Waals surface area contributed by atoms with Crippen molar-refractivity contribution in [1.82, 2.24) is 5.32 Å². The largest absolute Gasteiger partial charge is 0.376 e. The third kappa shape index (κ3) is 3.91. The molecule has 1 heterocycles. The van der Waals surface area contributed by atoms with Crippen LogP contribution in [0.1, 0.15) is 39.5 Å². The second-order valence-corrected chi connectivity index (χ2v) is 6.00. The van der Waals surface area contributed by atoms with Gasteiger partial charge < -0.3 is 20.5 Å². The standard InChI is InChI=1S/C14H26N2O3/c1-10(19-8-12-4-3-7-18-12)13(17)16-14(2,9-15)11-5-6-11/h10-12H,3-9,15H2,1-2H3,(H,16,17). The van der Waals surface area contributed by atoms with E-state index in [2.05, 4.69) is 5.32 Å². The molecule has 3 unspecified atom stereocenters. The summed E-state index contributed by atoms with van der Waals surface area (Å²) in [5, 5.41) is 3.05. The van der Waals surface area contributed by atoms with Gasteiger partial charge in [-0.2, -0.15) is 0 Å². The van der Waals surface area contributed by atoms with Crippen LogP contribution in [0.25, 0.3) is 0 Å². The summed E-state index contributed by atoms with van der Waals surface area (Å²) in [6.45, 7) is 5.59. The number of hydrogen-bond acceptors (Lipinski definition) is 4. The molecule has 1 saturated heterocycles. The van der Waals surface area contributed by atoms with Crippen LogP contribution in [0.15, 0.2) is 0 Å². The zero-order chi connectivity index (χ0) is 13.9. The topological polar surface area (TPSA) is 73.6 Å². The molecule has 3 atom stereocenters. The Morgan fingerprint density at radius 3 is 2.79 bits per heavy atom. The molecule has 0 aromatic heterocycles. The van der Waals surface area contributed by atoms with Crippen LogP contribution in [0.4, 0.5) is 0 Å². The minimum Gasteiger partial charge on any atom is -0.376 e. The summed E-state index contributed by atoms with van der Waals surface area (Å²) in [6, 6.07) is 0. The van der Waals surface area contributed by atoms with Gasteiger partial charge in [-0.3, -0.25) is 4.79 Å². The molecule has 2 rings (SSSR count). The first-order valence-corrected chi connectivity index (χ1v) is 7.30. The van der Waals surface area contributed by atoms with E-state index in [1.54, 1.807) is 6.92 Å². The molecule has 19 heavy (non-hydrogen) atoms. The van der Waals surface area contributed by atoms with Crippen LogP contribution < -0.4 is 11.1 Å². The van der Waals surface area contributed by atoms with Crippen LogP contribution in [0, 0.1) is 5.92 Å². The first kappa shape index (κ1) is 14.8. The predicted octanol–water partition coefficient (Wildman–Crippen LogP) is 0.814. The molecular weight excluding hydrogens is 244 g/mol. The van der Waals surface area contributed by atoms with Crippen LogP contribution in [0.3, 0.4) is 0 Å². The van der Waals surface area contributed by atoms with Crippen molar-refractivity contribution in [3.05, 3.63) is 0 Å². The van der Waals surface area contributed by atoms with Crippen LogP contribution in [0.5, 0.6) is 0 Å². The third-order valence-corrected chi connectivity index (χ3v) is 4.24. The lowest BCUT2D eigenvalue weighted by molar-refractivity contribution is -0.135. The molecule has 110 valence electrons. The maximum Gasteiger partial charge on any atom is 0.249 e. The monoisotopic (exact) mass is 270 g/mol. The molecule has 0 aromatic rings. The quantitative estimate of drug-likeness (QED) is 0.718. The van der Waals surface area contributed by atoms with Crippen molar-refractivity contribution < 1.29 is 14.3 Å². The van der Waals surface area contributed by atoms with E-state index in [0.717, 1.165) is 32.3 Å². The number of nitrogens with one attached hydrogen (secondary N) is 1. The fourth-order valence-electron chi connectivity index (χ4n) is 2.53. The summed E-state index contributed by atoms with van der Waals surface area (Å²) < 4.78 is 11.1. The van der Waals surface area contributed by atoms with Gasteiger partial charge in [0.25, 0.3) is 0 Å². The molecule has 3 N–H and O–H groups in total. The van der Waals surface area contributed by atoms with E-state index in [1.165, 1.54) is 0 Å². The highest BCUT2D eigenvalue weighted by atomic mass is 16.5. The van der Waals surface area contributed by atoms with Gasteiger partial charge in [-0.1, -0.05) is 0 Å². The number of nitrogens with two attached hydrogens (primary N) is 1. The number of hydrogen-bond donors (Lipinski definition) is 2. The second kappa shape index (κ2) is 6.20. The van der Waals surface area contributed by atoms with E-state index in [9.17, 15) is 4.79 Å². The average Bonchev–Trinajstić information content (AvgIpc) is 3.14. The van der Waals surface area contributed by atoms with Crippen molar-refractivity contribution in [3.8, 4) is 0 Å². The molecule has 0 bridgehead atoms. The van der Waals surface area contributed by atoms with Crippen LogP contribution >= 0.6 is 0 Å². The molecule has 5 nitrogen and oxygen atoms in total. The van der Waals surface area contributed by atoms with E-state index in [4.69, 9.17) is 15.2 Å². The highest BCUT2D eigenvalue weighted by Crippen LogP contribution is 2.39. The Kier molecular flexibility index (Phi) is 4.81. The summed E-state index contributed by atoms with van der Waals surface area (Å²) in [4.78, 5) is 12.1. The molecule has 1 saturated carbocycles. The Bertz CT molecular complexity index is 314. The molecule has 5 heteroatoms. The van der Waals surface area contributed by atoms with Gasteiger partial charge in [0.05, 0.1) is 18.2 Å². The zero-order valence-electron chi connectivity index (χ0n) is 12.0. The van der Waals surface area contributed by atoms with Crippen molar-refractivity contribution in [2.75, 3.05) is 19.8 Å². The fourth-order valence-corrected chi connectivity index (χ4v) is 2.53. The smallest absolute Gasteiger partial charge is 0.249 e. The average molecular weight is 270 g/mol. The number of ether oxygens (including phenoxy) is 2. The van der Waals surface area contributed by atoms with Crippen molar-refractivity contribution in [2.24, 2.45) is 11.7 Å². The van der Waals surface area contributed by atoms with Gasteiger partial charge in [0.1, 0.15) is 6.10 Å². The summed E-state index contributed by atoms with van der Waals surface area (Å²) >= 11 is 0. The third-order valence-electron chi connectivity index (χ3n) is 4.24. The molecule has 0 radical (unpaired) electrons. The van der Waals surface area contributed by atoms with Gasteiger partial charge >= 0.3 is 0 Å². The van der Waals surface area contributed by atoms with Gasteiger partial charge in [0.2, 0.25) is 5.91 Å². The van der Waals surface area contributed by atoms with Gasteiger partial charge in [-0.15, -0.1) is 0 Å². The molecule has 2 aliphatic rings. The van der Waals surface area contributed by atoms with Gasteiger partial charge in [0, 0.05) is 13.2 Å². The van der Waals surface area contributed by atoms with Crippen molar-refractivity contribution in [3.63, 3.8) is 0 Å². The Hall–Kier alpha value is -0.650. The number of carbonyl (C=O) groups is 1. The summed E-state index contributed by atoms with van der Waals surface area (Å²) in [6.07, 6.45) is 4.12. The van der Waals surface area contributed by atoms with Crippen LogP contribution in [-0.2, 0) is 14.3 Å². The van der Waals surface area contributed by atoms with Crippen LogP contribution in [-0.4, -0.2) is 43.4 Å². The van der Waals surface area contributed by atoms with Crippen molar-refractivity contribution >= 4 is 5.91 Å². The molecular formula is C14H26N2O3. The Balaban J connectivity index is 1.74. The molecule has 2 fully saturated rings. The molecule has 1 aliphatic carbocycles. The van der Waals surface area contributed by atoms with Crippen molar-refractivity contribution in [2.45, 2.75) is 57.3 Å². The summed E-state index contributed by atoms with van der Waals surface area (Å²) in [7, 11) is 0. The number of amides is 1. The lowest BCUT2D eigenvalue weighted by atomic mass is 9.95. The molecule has 1 amide bonds. The van der Waals surface area contributed by atoms with E-state index >= 15 is 0 Å². The van der Waals surface area contributed by atoms with Crippen molar-refractivity contribution in [1.29, 1.82) is 0 Å². The minimum absolute atomic E-state index is 0.0714. The fraction of sp³-hybridized carbons (Fsp3) is 0.929. The van der Waals surface area contributed by atoms with E-state index in [-0.39, 0.29) is 17.6 Å². The zero-order valence-corrected chi connectivity index (χ0v) is 12.0. The number of carbonyl (C=O) groups excluding carboxylic acids is 1. The van der Waals surface area contributed by atoms with Gasteiger partial charge in [0.15, 0.2) is 0 Å². The first-order valence-electron chi connectivity index (χ1n) is 7.30. The van der Waals surface area contributed by atoms with Gasteiger partial charge in [-0.05, 0) is 45.4 Å². The first-order chi connectivity index (χ1) is 9.05.